The summed E-state index contributed by atoms with van der Waals surface area (Å²) in [5.41, 5.74) is 0. The van der Waals surface area contributed by atoms with E-state index in [0.717, 1.165) is 18.9 Å². The zero-order valence-electron chi connectivity index (χ0n) is 5.60. The maximum atomic E-state index is 9.85. The molecule has 0 unspecified atom stereocenters. The highest BCUT2D eigenvalue weighted by Crippen LogP contribution is 2.23. The number of nitrogens with one attached hydrogen (secondary N) is 1. The Morgan fingerprint density at radius 3 is 2.67 bits per heavy atom. The molecule has 1 rings (SSSR count). The molecular formula is C7H13NO. The second-order valence-corrected chi connectivity index (χ2v) is 2.68. The van der Waals surface area contributed by atoms with Crippen LogP contribution in [-0.2, 0) is 4.79 Å². The van der Waals surface area contributed by atoms with Crippen molar-refractivity contribution >= 4 is 6.41 Å². The Hall–Kier alpha value is -0.530. The number of carbonyl (C=O) groups excluding carboxylic acids is 1. The van der Waals surface area contributed by atoms with Crippen LogP contribution in [0.15, 0.2) is 0 Å². The molecule has 0 radical (unpaired) electrons. The van der Waals surface area contributed by atoms with E-state index < -0.39 is 0 Å². The monoisotopic (exact) mass is 127 g/mol. The fourth-order valence-corrected chi connectivity index (χ4v) is 1.43. The Bertz CT molecular complexity index is 86.9. The molecule has 2 nitrogen and oxygen atoms in total. The van der Waals surface area contributed by atoms with Crippen molar-refractivity contribution in [2.45, 2.75) is 25.7 Å². The van der Waals surface area contributed by atoms with Gasteiger partial charge in [0.2, 0.25) is 6.41 Å². The number of hydrogen-bond acceptors (Lipinski definition) is 1. The molecule has 1 N–H and O–H groups in total. The van der Waals surface area contributed by atoms with Gasteiger partial charge in [-0.25, -0.2) is 0 Å². The van der Waals surface area contributed by atoms with Gasteiger partial charge in [-0.3, -0.25) is 4.79 Å². The van der Waals surface area contributed by atoms with Gasteiger partial charge < -0.3 is 5.32 Å². The van der Waals surface area contributed by atoms with Gasteiger partial charge in [0.05, 0.1) is 0 Å². The molecule has 2 heteroatoms. The van der Waals surface area contributed by atoms with Crippen LogP contribution in [0.25, 0.3) is 0 Å². The number of amides is 1. The van der Waals surface area contributed by atoms with E-state index in [4.69, 9.17) is 0 Å². The molecule has 0 saturated heterocycles. The van der Waals surface area contributed by atoms with E-state index >= 15 is 0 Å². The van der Waals surface area contributed by atoms with Crippen LogP contribution < -0.4 is 5.32 Å². The van der Waals surface area contributed by atoms with Crippen molar-refractivity contribution in [2.24, 2.45) is 5.92 Å². The minimum Gasteiger partial charge on any atom is -0.358 e. The molecule has 1 amide bonds. The molecule has 0 heterocycles. The summed E-state index contributed by atoms with van der Waals surface area (Å²) in [6.07, 6.45) is 6.11. The summed E-state index contributed by atoms with van der Waals surface area (Å²) in [4.78, 5) is 9.85. The summed E-state index contributed by atoms with van der Waals surface area (Å²) in [5, 5.41) is 2.71. The summed E-state index contributed by atoms with van der Waals surface area (Å²) in [6, 6.07) is 0. The highest BCUT2D eigenvalue weighted by molar-refractivity contribution is 5.45. The fraction of sp³-hybridized carbons (Fsp3) is 0.857. The average molecular weight is 127 g/mol. The molecule has 52 valence electrons. The first-order valence-electron chi connectivity index (χ1n) is 3.60. The Labute approximate surface area is 55.6 Å². The second kappa shape index (κ2) is 3.49. The lowest BCUT2D eigenvalue weighted by Crippen LogP contribution is -2.18. The summed E-state index contributed by atoms with van der Waals surface area (Å²) in [7, 11) is 0. The molecule has 1 saturated carbocycles. The van der Waals surface area contributed by atoms with E-state index in [1.165, 1.54) is 25.7 Å². The molecule has 0 atom stereocenters. The molecule has 1 fully saturated rings. The second-order valence-electron chi connectivity index (χ2n) is 2.68. The van der Waals surface area contributed by atoms with Crippen LogP contribution >= 0.6 is 0 Å². The third kappa shape index (κ3) is 2.04. The molecule has 0 aliphatic heterocycles. The molecule has 0 aromatic rings. The first-order valence-corrected chi connectivity index (χ1v) is 3.60. The van der Waals surface area contributed by atoms with E-state index in [0.29, 0.717) is 0 Å². The summed E-state index contributed by atoms with van der Waals surface area (Å²) < 4.78 is 0. The SMILES string of the molecule is O=CNCC1CCCC1. The van der Waals surface area contributed by atoms with E-state index in [2.05, 4.69) is 5.32 Å². The Morgan fingerprint density at radius 1 is 1.44 bits per heavy atom. The third-order valence-electron chi connectivity index (χ3n) is 1.96. The van der Waals surface area contributed by atoms with Crippen molar-refractivity contribution in [3.8, 4) is 0 Å². The van der Waals surface area contributed by atoms with Crippen molar-refractivity contribution < 1.29 is 4.79 Å². The van der Waals surface area contributed by atoms with Crippen molar-refractivity contribution in [1.29, 1.82) is 0 Å². The van der Waals surface area contributed by atoms with E-state index in [1.54, 1.807) is 0 Å². The highest BCUT2D eigenvalue weighted by atomic mass is 16.1. The molecule has 9 heavy (non-hydrogen) atoms. The van der Waals surface area contributed by atoms with Crippen molar-refractivity contribution in [2.75, 3.05) is 6.54 Å². The van der Waals surface area contributed by atoms with Crippen LogP contribution in [0.3, 0.4) is 0 Å². The first kappa shape index (κ1) is 6.59. The van der Waals surface area contributed by atoms with Crippen LogP contribution in [-0.4, -0.2) is 13.0 Å². The molecule has 1 aliphatic rings. The van der Waals surface area contributed by atoms with Crippen molar-refractivity contribution in [1.82, 2.24) is 5.32 Å². The van der Waals surface area contributed by atoms with Crippen LogP contribution in [0.1, 0.15) is 25.7 Å². The Kier molecular flexibility index (Phi) is 2.55. The molecule has 0 spiro atoms. The smallest absolute Gasteiger partial charge is 0.207 e. The number of rotatable bonds is 3. The van der Waals surface area contributed by atoms with Gasteiger partial charge in [-0.1, -0.05) is 12.8 Å². The normalized spacial score (nSPS) is 20.0. The van der Waals surface area contributed by atoms with Crippen LogP contribution in [0, 0.1) is 5.92 Å². The zero-order valence-corrected chi connectivity index (χ0v) is 5.60. The first-order chi connectivity index (χ1) is 4.43. The molecule has 0 bridgehead atoms. The van der Waals surface area contributed by atoms with Gasteiger partial charge in [-0.05, 0) is 18.8 Å². The third-order valence-corrected chi connectivity index (χ3v) is 1.96. The molecule has 0 aromatic heterocycles. The van der Waals surface area contributed by atoms with Crippen molar-refractivity contribution in [3.63, 3.8) is 0 Å². The molecule has 0 aromatic carbocycles. The van der Waals surface area contributed by atoms with Gasteiger partial charge >= 0.3 is 0 Å². The number of carbonyl (C=O) groups is 1. The van der Waals surface area contributed by atoms with E-state index in [9.17, 15) is 4.79 Å². The van der Waals surface area contributed by atoms with E-state index in [-0.39, 0.29) is 0 Å². The minimum absolute atomic E-state index is 0.773. The van der Waals surface area contributed by atoms with Crippen LogP contribution in [0.4, 0.5) is 0 Å². The van der Waals surface area contributed by atoms with Crippen LogP contribution in [0.5, 0.6) is 0 Å². The predicted octanol–water partition coefficient (Wildman–Crippen LogP) is 0.923. The fourth-order valence-electron chi connectivity index (χ4n) is 1.43. The lowest BCUT2D eigenvalue weighted by atomic mass is 10.1. The lowest BCUT2D eigenvalue weighted by molar-refractivity contribution is -0.109. The largest absolute Gasteiger partial charge is 0.358 e. The van der Waals surface area contributed by atoms with E-state index in [1.807, 2.05) is 0 Å². The summed E-state index contributed by atoms with van der Waals surface area (Å²) >= 11 is 0. The Morgan fingerprint density at radius 2 is 2.11 bits per heavy atom. The maximum absolute atomic E-state index is 9.85. The topological polar surface area (TPSA) is 29.1 Å². The van der Waals surface area contributed by atoms with Gasteiger partial charge in [0.15, 0.2) is 0 Å². The van der Waals surface area contributed by atoms with Gasteiger partial charge in [-0.2, -0.15) is 0 Å². The zero-order chi connectivity index (χ0) is 6.53. The predicted molar refractivity (Wildman–Crippen MR) is 36.0 cm³/mol. The van der Waals surface area contributed by atoms with Crippen LogP contribution in [0.2, 0.25) is 0 Å². The Balaban J connectivity index is 2.04. The van der Waals surface area contributed by atoms with Gasteiger partial charge in [0.1, 0.15) is 0 Å². The average Bonchev–Trinajstić information content (AvgIpc) is 2.34. The standard InChI is InChI=1S/C7H13NO/c9-6-8-5-7-3-1-2-4-7/h6-7H,1-5H2,(H,8,9). The molecule has 1 aliphatic carbocycles. The molecular weight excluding hydrogens is 114 g/mol. The summed E-state index contributed by atoms with van der Waals surface area (Å²) in [5.74, 6) is 0.773. The van der Waals surface area contributed by atoms with Gasteiger partial charge in [0, 0.05) is 6.54 Å². The quantitative estimate of drug-likeness (QED) is 0.561. The minimum atomic E-state index is 0.773. The lowest BCUT2D eigenvalue weighted by Gasteiger charge is -2.05. The number of hydrogen-bond donors (Lipinski definition) is 1. The summed E-state index contributed by atoms with van der Waals surface area (Å²) in [6.45, 7) is 0.892. The van der Waals surface area contributed by atoms with Gasteiger partial charge in [0.25, 0.3) is 0 Å². The van der Waals surface area contributed by atoms with Crippen molar-refractivity contribution in [3.05, 3.63) is 0 Å². The highest BCUT2D eigenvalue weighted by Gasteiger charge is 2.13. The van der Waals surface area contributed by atoms with Gasteiger partial charge in [-0.15, -0.1) is 0 Å². The maximum Gasteiger partial charge on any atom is 0.207 e.